The molecule has 2 rings (SSSR count). The maximum Gasteiger partial charge on any atom is 0.228 e. The van der Waals surface area contributed by atoms with Crippen LogP contribution in [0.15, 0.2) is 11.8 Å². The molecule has 1 N–H and O–H groups in total. The fourth-order valence-corrected chi connectivity index (χ4v) is 3.33. The van der Waals surface area contributed by atoms with Gasteiger partial charge in [0.2, 0.25) is 5.78 Å². The lowest BCUT2D eigenvalue weighted by atomic mass is 9.87. The Hall–Kier alpha value is -1.49. The molecule has 0 aromatic carbocycles. The van der Waals surface area contributed by atoms with Crippen LogP contribution in [0.2, 0.25) is 0 Å². The Kier molecular flexibility index (Phi) is 4.33. The van der Waals surface area contributed by atoms with Gasteiger partial charge in [-0.1, -0.05) is 27.7 Å². The van der Waals surface area contributed by atoms with Crippen LogP contribution >= 0.6 is 11.3 Å². The zero-order valence-electron chi connectivity index (χ0n) is 13.2. The number of allylic oxidation sites excluding steroid dienone is 2. The first kappa shape index (κ1) is 15.9. The van der Waals surface area contributed by atoms with Crippen LogP contribution in [0.1, 0.15) is 65.7 Å². The van der Waals surface area contributed by atoms with E-state index in [1.807, 2.05) is 6.92 Å². The molecule has 1 aromatic rings. The summed E-state index contributed by atoms with van der Waals surface area (Å²) in [7, 11) is 0. The van der Waals surface area contributed by atoms with Crippen molar-refractivity contribution < 1.29 is 9.59 Å². The number of carbonyl (C=O) groups is 2. The second kappa shape index (κ2) is 5.72. The first-order chi connectivity index (χ1) is 9.71. The van der Waals surface area contributed by atoms with E-state index in [0.29, 0.717) is 16.3 Å². The number of rotatable bonds is 4. The minimum atomic E-state index is -0.165. The number of carbonyl (C=O) groups excluding carboxylic acids is 2. The van der Waals surface area contributed by atoms with Gasteiger partial charge in [0.15, 0.2) is 5.78 Å². The van der Waals surface area contributed by atoms with Crippen molar-refractivity contribution >= 4 is 22.9 Å². The maximum atomic E-state index is 12.5. The van der Waals surface area contributed by atoms with Crippen molar-refractivity contribution in [1.29, 1.82) is 0 Å². The summed E-state index contributed by atoms with van der Waals surface area (Å²) in [5.74, 6) is -0.287. The molecule has 4 nitrogen and oxygen atoms in total. The number of aryl methyl sites for hydroxylation is 1. The van der Waals surface area contributed by atoms with Gasteiger partial charge in [-0.05, 0) is 25.2 Å². The number of fused-ring (bicyclic) bond motifs is 1. The molecule has 0 spiro atoms. The number of nitrogens with zero attached hydrogens (tertiary/aromatic N) is 1. The molecule has 1 aromatic heterocycles. The van der Waals surface area contributed by atoms with E-state index < -0.39 is 0 Å². The number of hydrogen-bond donors (Lipinski definition) is 1. The van der Waals surface area contributed by atoms with Crippen LogP contribution in [0.4, 0.5) is 0 Å². The Bertz CT molecular complexity index is 608. The molecule has 1 unspecified atom stereocenters. The summed E-state index contributed by atoms with van der Waals surface area (Å²) in [6.07, 6.45) is 3.26. The number of hydrogen-bond acceptors (Lipinski definition) is 5. The lowest BCUT2D eigenvalue weighted by Gasteiger charge is -2.27. The Morgan fingerprint density at radius 1 is 1.33 bits per heavy atom. The summed E-state index contributed by atoms with van der Waals surface area (Å²) in [6, 6.07) is 0.175. The van der Waals surface area contributed by atoms with Crippen LogP contribution in [0.5, 0.6) is 0 Å². The molecular weight excluding hydrogens is 284 g/mol. The van der Waals surface area contributed by atoms with Crippen LogP contribution in [0, 0.1) is 12.3 Å². The van der Waals surface area contributed by atoms with Crippen molar-refractivity contribution in [2.24, 2.45) is 5.41 Å². The first-order valence-electron chi connectivity index (χ1n) is 7.26. The van der Waals surface area contributed by atoms with Crippen molar-refractivity contribution in [3.05, 3.63) is 27.4 Å². The Labute approximate surface area is 129 Å². The predicted octanol–water partition coefficient (Wildman–Crippen LogP) is 3.52. The van der Waals surface area contributed by atoms with Crippen LogP contribution in [-0.2, 0) is 0 Å². The molecule has 21 heavy (non-hydrogen) atoms. The normalized spacial score (nSPS) is 16.5. The lowest BCUT2D eigenvalue weighted by Crippen LogP contribution is -2.36. The van der Waals surface area contributed by atoms with Crippen LogP contribution < -0.4 is 5.32 Å². The summed E-state index contributed by atoms with van der Waals surface area (Å²) in [6.45, 7) is 10.4. The highest BCUT2D eigenvalue weighted by Gasteiger charge is 2.30. The summed E-state index contributed by atoms with van der Waals surface area (Å²) < 4.78 is 0. The molecule has 1 aliphatic rings. The average Bonchev–Trinajstić information content (AvgIpc) is 2.75. The predicted molar refractivity (Wildman–Crippen MR) is 84.9 cm³/mol. The number of ketones is 2. The summed E-state index contributed by atoms with van der Waals surface area (Å²) in [5, 5.41) is 4.00. The molecule has 0 saturated carbocycles. The number of thiazole rings is 1. The highest BCUT2D eigenvalue weighted by molar-refractivity contribution is 7.14. The van der Waals surface area contributed by atoms with Crippen molar-refractivity contribution in [2.45, 2.75) is 53.5 Å². The van der Waals surface area contributed by atoms with E-state index in [-0.39, 0.29) is 23.0 Å². The van der Waals surface area contributed by atoms with Gasteiger partial charge in [0, 0.05) is 12.1 Å². The van der Waals surface area contributed by atoms with Gasteiger partial charge in [0.25, 0.3) is 0 Å². The molecule has 1 heterocycles. The fraction of sp³-hybridized carbons (Fsp3) is 0.562. The van der Waals surface area contributed by atoms with E-state index in [2.05, 4.69) is 38.0 Å². The van der Waals surface area contributed by atoms with Gasteiger partial charge < -0.3 is 5.32 Å². The number of nitrogens with one attached hydrogen (secondary N) is 1. The average molecular weight is 306 g/mol. The molecule has 1 aliphatic carbocycles. The number of Topliss-reactive ketones (excluding diaryl/α,β-unsaturated/α-hetero) is 1. The van der Waals surface area contributed by atoms with Gasteiger partial charge in [-0.25, -0.2) is 4.98 Å². The SMILES string of the molecule is CCC(CC(C)(C)C)NC1=CC(=O)c2sc(C)nc2C1=O. The van der Waals surface area contributed by atoms with Crippen molar-refractivity contribution in [2.75, 3.05) is 0 Å². The molecule has 0 bridgehead atoms. The Balaban J connectivity index is 2.21. The van der Waals surface area contributed by atoms with E-state index in [1.165, 1.54) is 17.4 Å². The molecule has 5 heteroatoms. The smallest absolute Gasteiger partial charge is 0.228 e. The van der Waals surface area contributed by atoms with Gasteiger partial charge in [0.05, 0.1) is 10.7 Å². The third-order valence-electron chi connectivity index (χ3n) is 3.40. The molecule has 0 amide bonds. The van der Waals surface area contributed by atoms with Crippen molar-refractivity contribution in [1.82, 2.24) is 10.3 Å². The second-order valence-electron chi connectivity index (χ2n) is 6.68. The van der Waals surface area contributed by atoms with E-state index in [0.717, 1.165) is 17.8 Å². The third kappa shape index (κ3) is 3.59. The molecular formula is C16H22N2O2S. The summed E-state index contributed by atoms with van der Waals surface area (Å²) >= 11 is 1.28. The number of aromatic nitrogens is 1. The van der Waals surface area contributed by atoms with E-state index in [1.54, 1.807) is 0 Å². The zero-order chi connectivity index (χ0) is 15.8. The van der Waals surface area contributed by atoms with Crippen molar-refractivity contribution in [3.8, 4) is 0 Å². The lowest BCUT2D eigenvalue weighted by molar-refractivity contribution is 0.0974. The summed E-state index contributed by atoms with van der Waals surface area (Å²) in [4.78, 5) is 29.2. The van der Waals surface area contributed by atoms with E-state index >= 15 is 0 Å². The van der Waals surface area contributed by atoms with Crippen LogP contribution in [0.3, 0.4) is 0 Å². The van der Waals surface area contributed by atoms with Crippen LogP contribution in [0.25, 0.3) is 0 Å². The van der Waals surface area contributed by atoms with Gasteiger partial charge in [0.1, 0.15) is 10.6 Å². The zero-order valence-corrected chi connectivity index (χ0v) is 14.1. The van der Waals surface area contributed by atoms with Crippen molar-refractivity contribution in [3.63, 3.8) is 0 Å². The Morgan fingerprint density at radius 3 is 2.57 bits per heavy atom. The topological polar surface area (TPSA) is 59.1 Å². The quantitative estimate of drug-likeness (QED) is 0.924. The molecule has 1 atom stereocenters. The Morgan fingerprint density at radius 2 is 2.00 bits per heavy atom. The minimum absolute atomic E-state index is 0.122. The summed E-state index contributed by atoms with van der Waals surface area (Å²) in [5.41, 5.74) is 0.852. The van der Waals surface area contributed by atoms with E-state index in [9.17, 15) is 9.59 Å². The standard InChI is InChI=1S/C16H22N2O2S/c1-6-10(8-16(3,4)5)18-11-7-12(19)15-13(14(11)20)17-9(2)21-15/h7,10,18H,6,8H2,1-5H3. The molecule has 0 radical (unpaired) electrons. The molecule has 114 valence electrons. The highest BCUT2D eigenvalue weighted by atomic mass is 32.1. The maximum absolute atomic E-state index is 12.5. The monoisotopic (exact) mass is 306 g/mol. The second-order valence-corrected chi connectivity index (χ2v) is 7.88. The highest BCUT2D eigenvalue weighted by Crippen LogP contribution is 2.27. The minimum Gasteiger partial charge on any atom is -0.379 e. The molecule has 0 aliphatic heterocycles. The van der Waals surface area contributed by atoms with Gasteiger partial charge in [-0.2, -0.15) is 0 Å². The third-order valence-corrected chi connectivity index (χ3v) is 4.39. The van der Waals surface area contributed by atoms with Gasteiger partial charge in [-0.15, -0.1) is 11.3 Å². The largest absolute Gasteiger partial charge is 0.379 e. The van der Waals surface area contributed by atoms with Gasteiger partial charge in [-0.3, -0.25) is 9.59 Å². The van der Waals surface area contributed by atoms with E-state index in [4.69, 9.17) is 0 Å². The first-order valence-corrected chi connectivity index (χ1v) is 8.07. The van der Waals surface area contributed by atoms with Gasteiger partial charge >= 0.3 is 0 Å². The fourth-order valence-electron chi connectivity index (χ4n) is 2.50. The molecule has 0 fully saturated rings. The molecule has 0 saturated heterocycles. The van der Waals surface area contributed by atoms with Crippen LogP contribution in [-0.4, -0.2) is 22.6 Å².